The first-order chi connectivity index (χ1) is 6.72. The predicted molar refractivity (Wildman–Crippen MR) is 54.8 cm³/mol. The minimum atomic E-state index is -0.387. The Morgan fingerprint density at radius 3 is 3.00 bits per heavy atom. The van der Waals surface area contributed by atoms with Crippen LogP contribution in [-0.4, -0.2) is 48.8 Å². The van der Waals surface area contributed by atoms with E-state index >= 15 is 0 Å². The van der Waals surface area contributed by atoms with Crippen molar-refractivity contribution in [1.82, 2.24) is 10.2 Å². The molecule has 0 aromatic carbocycles. The lowest BCUT2D eigenvalue weighted by atomic mass is 9.90. The fraction of sp³-hybridized carbons (Fsp3) is 0.900. The largest absolute Gasteiger partial charge is 0.396 e. The van der Waals surface area contributed by atoms with Crippen LogP contribution in [-0.2, 0) is 0 Å². The second kappa shape index (κ2) is 5.30. The van der Waals surface area contributed by atoms with E-state index in [0.717, 1.165) is 32.5 Å². The van der Waals surface area contributed by atoms with Gasteiger partial charge in [-0.2, -0.15) is 5.26 Å². The molecule has 0 aromatic heterocycles. The summed E-state index contributed by atoms with van der Waals surface area (Å²) < 4.78 is 0. The highest BCUT2D eigenvalue weighted by molar-refractivity contribution is 5.10. The van der Waals surface area contributed by atoms with Crippen molar-refractivity contribution in [2.75, 3.05) is 33.3 Å². The molecule has 1 unspecified atom stereocenters. The number of nitrogens with zero attached hydrogens (tertiary/aromatic N) is 2. The van der Waals surface area contributed by atoms with Crippen LogP contribution in [0.2, 0.25) is 0 Å². The highest BCUT2D eigenvalue weighted by Crippen LogP contribution is 2.19. The van der Waals surface area contributed by atoms with Gasteiger partial charge in [-0.25, -0.2) is 0 Å². The Bertz CT molecular complexity index is 214. The van der Waals surface area contributed by atoms with Gasteiger partial charge in [0, 0.05) is 13.2 Å². The van der Waals surface area contributed by atoms with Crippen LogP contribution in [0.4, 0.5) is 0 Å². The van der Waals surface area contributed by atoms with Gasteiger partial charge in [-0.1, -0.05) is 0 Å². The summed E-state index contributed by atoms with van der Waals surface area (Å²) in [4.78, 5) is 2.18. The summed E-state index contributed by atoms with van der Waals surface area (Å²) in [5.74, 6) is 0. The molecule has 2 N–H and O–H groups in total. The van der Waals surface area contributed by atoms with Crippen LogP contribution in [0.15, 0.2) is 0 Å². The maximum Gasteiger partial charge on any atom is 0.119 e. The number of nitriles is 1. The number of likely N-dealkylation sites (tertiary alicyclic amines) is 1. The van der Waals surface area contributed by atoms with Crippen molar-refractivity contribution in [3.63, 3.8) is 0 Å². The van der Waals surface area contributed by atoms with E-state index in [0.29, 0.717) is 6.42 Å². The number of aliphatic hydroxyl groups excluding tert-OH is 1. The first-order valence-electron chi connectivity index (χ1n) is 5.18. The van der Waals surface area contributed by atoms with Crippen molar-refractivity contribution in [1.29, 1.82) is 5.26 Å². The van der Waals surface area contributed by atoms with E-state index in [2.05, 4.69) is 16.3 Å². The normalized spacial score (nSPS) is 28.6. The van der Waals surface area contributed by atoms with Gasteiger partial charge in [-0.15, -0.1) is 0 Å². The van der Waals surface area contributed by atoms with Gasteiger partial charge in [0.05, 0.1) is 6.07 Å². The van der Waals surface area contributed by atoms with E-state index in [-0.39, 0.29) is 12.1 Å². The summed E-state index contributed by atoms with van der Waals surface area (Å²) in [5.41, 5.74) is -0.387. The molecule has 4 heteroatoms. The van der Waals surface area contributed by atoms with Gasteiger partial charge in [0.25, 0.3) is 0 Å². The van der Waals surface area contributed by atoms with Gasteiger partial charge < -0.3 is 10.0 Å². The summed E-state index contributed by atoms with van der Waals surface area (Å²) in [6.45, 7) is 2.77. The summed E-state index contributed by atoms with van der Waals surface area (Å²) in [5, 5.41) is 21.1. The monoisotopic (exact) mass is 197 g/mol. The van der Waals surface area contributed by atoms with Crippen molar-refractivity contribution in [2.45, 2.75) is 24.8 Å². The third-order valence-corrected chi connectivity index (χ3v) is 2.70. The van der Waals surface area contributed by atoms with E-state index in [4.69, 9.17) is 10.4 Å². The first kappa shape index (κ1) is 11.4. The molecule has 1 aliphatic heterocycles. The third-order valence-electron chi connectivity index (χ3n) is 2.70. The van der Waals surface area contributed by atoms with Gasteiger partial charge >= 0.3 is 0 Å². The van der Waals surface area contributed by atoms with Gasteiger partial charge in [-0.3, -0.25) is 5.32 Å². The van der Waals surface area contributed by atoms with Crippen molar-refractivity contribution in [2.24, 2.45) is 0 Å². The number of rotatable bonds is 4. The topological polar surface area (TPSA) is 59.3 Å². The SMILES string of the molecule is CN1CCCC(C#N)(NCCCO)C1. The number of piperidine rings is 1. The minimum absolute atomic E-state index is 0.185. The molecule has 14 heavy (non-hydrogen) atoms. The van der Waals surface area contributed by atoms with Gasteiger partial charge in [0.2, 0.25) is 0 Å². The fourth-order valence-corrected chi connectivity index (χ4v) is 1.95. The summed E-state index contributed by atoms with van der Waals surface area (Å²) >= 11 is 0. The Morgan fingerprint density at radius 2 is 2.43 bits per heavy atom. The lowest BCUT2D eigenvalue weighted by Gasteiger charge is -2.37. The second-order valence-electron chi connectivity index (χ2n) is 4.04. The number of nitrogens with one attached hydrogen (secondary N) is 1. The molecule has 0 bridgehead atoms. The number of aliphatic hydroxyl groups is 1. The zero-order chi connectivity index (χ0) is 10.4. The standard InChI is InChI=1S/C10H19N3O/c1-13-6-2-4-10(8-11,9-13)12-5-3-7-14/h12,14H,2-7,9H2,1H3. The molecule has 1 saturated heterocycles. The lowest BCUT2D eigenvalue weighted by molar-refractivity contribution is 0.180. The Balaban J connectivity index is 2.44. The number of hydrogen-bond acceptors (Lipinski definition) is 4. The predicted octanol–water partition coefficient (Wildman–Crippen LogP) is -0.0536. The molecule has 80 valence electrons. The van der Waals surface area contributed by atoms with Crippen LogP contribution in [0, 0.1) is 11.3 Å². The van der Waals surface area contributed by atoms with Crippen LogP contribution in [0.3, 0.4) is 0 Å². The Kier molecular flexibility index (Phi) is 4.33. The maximum absolute atomic E-state index is 9.16. The van der Waals surface area contributed by atoms with Crippen LogP contribution in [0.5, 0.6) is 0 Å². The minimum Gasteiger partial charge on any atom is -0.396 e. The highest BCUT2D eigenvalue weighted by atomic mass is 16.3. The quantitative estimate of drug-likeness (QED) is 0.620. The average molecular weight is 197 g/mol. The van der Waals surface area contributed by atoms with E-state index in [1.165, 1.54) is 0 Å². The molecule has 0 spiro atoms. The molecule has 0 amide bonds. The van der Waals surface area contributed by atoms with Crippen molar-refractivity contribution >= 4 is 0 Å². The number of hydrogen-bond donors (Lipinski definition) is 2. The molecule has 0 radical (unpaired) electrons. The fourth-order valence-electron chi connectivity index (χ4n) is 1.95. The van der Waals surface area contributed by atoms with Gasteiger partial charge in [0.15, 0.2) is 0 Å². The third kappa shape index (κ3) is 2.95. The van der Waals surface area contributed by atoms with E-state index in [1.54, 1.807) is 0 Å². The molecule has 4 nitrogen and oxygen atoms in total. The first-order valence-corrected chi connectivity index (χ1v) is 5.18. The van der Waals surface area contributed by atoms with E-state index < -0.39 is 0 Å². The van der Waals surface area contributed by atoms with Gasteiger partial charge in [0.1, 0.15) is 5.54 Å². The molecule has 1 heterocycles. The molecule has 0 aromatic rings. The zero-order valence-electron chi connectivity index (χ0n) is 8.79. The second-order valence-corrected chi connectivity index (χ2v) is 4.04. The van der Waals surface area contributed by atoms with Crippen molar-refractivity contribution < 1.29 is 5.11 Å². The molecule has 0 aliphatic carbocycles. The average Bonchev–Trinajstić information content (AvgIpc) is 2.18. The Labute approximate surface area is 85.5 Å². The maximum atomic E-state index is 9.16. The Hall–Kier alpha value is -0.630. The molecule has 1 rings (SSSR count). The van der Waals surface area contributed by atoms with E-state index in [9.17, 15) is 0 Å². The van der Waals surface area contributed by atoms with Crippen LogP contribution in [0.25, 0.3) is 0 Å². The smallest absolute Gasteiger partial charge is 0.119 e. The molecular weight excluding hydrogens is 178 g/mol. The highest BCUT2D eigenvalue weighted by Gasteiger charge is 2.33. The zero-order valence-corrected chi connectivity index (χ0v) is 8.79. The van der Waals surface area contributed by atoms with Crippen LogP contribution in [0.1, 0.15) is 19.3 Å². The lowest BCUT2D eigenvalue weighted by Crippen LogP contribution is -2.55. The Morgan fingerprint density at radius 1 is 1.64 bits per heavy atom. The van der Waals surface area contributed by atoms with Crippen LogP contribution < -0.4 is 5.32 Å². The molecule has 0 saturated carbocycles. The van der Waals surface area contributed by atoms with E-state index in [1.807, 2.05) is 7.05 Å². The van der Waals surface area contributed by atoms with Crippen molar-refractivity contribution in [3.8, 4) is 6.07 Å². The number of likely N-dealkylation sites (N-methyl/N-ethyl adjacent to an activating group) is 1. The van der Waals surface area contributed by atoms with Crippen molar-refractivity contribution in [3.05, 3.63) is 0 Å². The molecule has 1 atom stereocenters. The summed E-state index contributed by atoms with van der Waals surface area (Å²) in [6.07, 6.45) is 2.70. The molecule has 1 fully saturated rings. The van der Waals surface area contributed by atoms with Crippen LogP contribution >= 0.6 is 0 Å². The van der Waals surface area contributed by atoms with Gasteiger partial charge in [-0.05, 0) is 39.4 Å². The molecule has 1 aliphatic rings. The molecular formula is C10H19N3O. The summed E-state index contributed by atoms with van der Waals surface area (Å²) in [6, 6.07) is 2.37. The summed E-state index contributed by atoms with van der Waals surface area (Å²) in [7, 11) is 2.04.